The van der Waals surface area contributed by atoms with Crippen molar-refractivity contribution in [3.63, 3.8) is 0 Å². The Morgan fingerprint density at radius 1 is 1.00 bits per heavy atom. The lowest BCUT2D eigenvalue weighted by molar-refractivity contribution is -0.114. The van der Waals surface area contributed by atoms with Gasteiger partial charge in [0.25, 0.3) is 0 Å². The van der Waals surface area contributed by atoms with Crippen molar-refractivity contribution in [3.05, 3.63) is 54.1 Å². The van der Waals surface area contributed by atoms with Crippen LogP contribution in [0.15, 0.2) is 48.5 Å². The summed E-state index contributed by atoms with van der Waals surface area (Å²) in [5.41, 5.74) is 1.97. The lowest BCUT2D eigenvalue weighted by Crippen LogP contribution is -2.37. The number of anilines is 3. The number of benzene rings is 2. The van der Waals surface area contributed by atoms with E-state index < -0.39 is 22.0 Å². The Kier molecular flexibility index (Phi) is 8.19. The van der Waals surface area contributed by atoms with E-state index in [9.17, 15) is 18.0 Å². The molecule has 0 aliphatic heterocycles. The molecule has 0 atom stereocenters. The quantitative estimate of drug-likeness (QED) is 0.585. The fourth-order valence-electron chi connectivity index (χ4n) is 2.60. The molecule has 162 valence electrons. The Balaban J connectivity index is 2.06. The molecule has 0 unspecified atom stereocenters. The Labute approximate surface area is 176 Å². The Morgan fingerprint density at radius 2 is 1.67 bits per heavy atom. The first kappa shape index (κ1) is 23.2. The van der Waals surface area contributed by atoms with Crippen LogP contribution < -0.4 is 14.9 Å². The van der Waals surface area contributed by atoms with Crippen molar-refractivity contribution in [2.45, 2.75) is 6.92 Å². The van der Waals surface area contributed by atoms with E-state index in [-0.39, 0.29) is 19.8 Å². The van der Waals surface area contributed by atoms with Gasteiger partial charge in [-0.3, -0.25) is 14.4 Å². The molecule has 0 radical (unpaired) electrons. The molecule has 0 aliphatic rings. The van der Waals surface area contributed by atoms with Crippen LogP contribution in [0.5, 0.6) is 0 Å². The molecule has 0 saturated heterocycles. The second-order valence-electron chi connectivity index (χ2n) is 6.44. The SMILES string of the molecule is COCCOC(=O)Nc1cccc(NC(=O)CN(c2ccccc2C)S(C)(=O)=O)c1. The van der Waals surface area contributed by atoms with Crippen molar-refractivity contribution in [1.82, 2.24) is 0 Å². The van der Waals surface area contributed by atoms with Gasteiger partial charge >= 0.3 is 6.09 Å². The molecule has 0 heterocycles. The van der Waals surface area contributed by atoms with Gasteiger partial charge in [-0.15, -0.1) is 0 Å². The van der Waals surface area contributed by atoms with Crippen molar-refractivity contribution < 1.29 is 27.5 Å². The van der Waals surface area contributed by atoms with E-state index >= 15 is 0 Å². The van der Waals surface area contributed by atoms with Gasteiger partial charge in [-0.2, -0.15) is 0 Å². The third kappa shape index (κ3) is 7.05. The third-order valence-corrected chi connectivity index (χ3v) is 5.11. The number of amides is 2. The van der Waals surface area contributed by atoms with E-state index in [1.165, 1.54) is 13.2 Å². The van der Waals surface area contributed by atoms with Gasteiger partial charge in [0.2, 0.25) is 15.9 Å². The number of para-hydroxylation sites is 1. The summed E-state index contributed by atoms with van der Waals surface area (Å²) in [7, 11) is -2.18. The van der Waals surface area contributed by atoms with Crippen molar-refractivity contribution in [3.8, 4) is 0 Å². The topological polar surface area (TPSA) is 114 Å². The van der Waals surface area contributed by atoms with Crippen LogP contribution in [0.2, 0.25) is 0 Å². The van der Waals surface area contributed by atoms with E-state index in [2.05, 4.69) is 10.6 Å². The summed E-state index contributed by atoms with van der Waals surface area (Å²) in [6, 6.07) is 13.3. The lowest BCUT2D eigenvalue weighted by Gasteiger charge is -2.23. The maximum absolute atomic E-state index is 12.5. The minimum atomic E-state index is -3.67. The Morgan fingerprint density at radius 3 is 2.30 bits per heavy atom. The van der Waals surface area contributed by atoms with Crippen LogP contribution in [-0.2, 0) is 24.3 Å². The number of nitrogens with one attached hydrogen (secondary N) is 2. The third-order valence-electron chi connectivity index (χ3n) is 3.99. The zero-order valence-corrected chi connectivity index (χ0v) is 17.9. The van der Waals surface area contributed by atoms with Crippen LogP contribution in [0.4, 0.5) is 21.9 Å². The highest BCUT2D eigenvalue weighted by Gasteiger charge is 2.22. The summed E-state index contributed by atoms with van der Waals surface area (Å²) in [6.45, 7) is 1.77. The summed E-state index contributed by atoms with van der Waals surface area (Å²) >= 11 is 0. The largest absolute Gasteiger partial charge is 0.447 e. The molecule has 10 heteroatoms. The fraction of sp³-hybridized carbons (Fsp3) is 0.300. The van der Waals surface area contributed by atoms with E-state index in [4.69, 9.17) is 9.47 Å². The number of hydrogen-bond acceptors (Lipinski definition) is 6. The Bertz CT molecular complexity index is 994. The molecule has 2 aromatic rings. The van der Waals surface area contributed by atoms with E-state index in [1.807, 2.05) is 0 Å². The number of hydrogen-bond donors (Lipinski definition) is 2. The number of aryl methyl sites for hydroxylation is 1. The van der Waals surface area contributed by atoms with Crippen molar-refractivity contribution in [2.24, 2.45) is 0 Å². The van der Waals surface area contributed by atoms with Crippen LogP contribution in [0.3, 0.4) is 0 Å². The summed E-state index contributed by atoms with van der Waals surface area (Å²) in [5, 5.41) is 5.18. The predicted octanol–water partition coefficient (Wildman–Crippen LogP) is 2.59. The summed E-state index contributed by atoms with van der Waals surface area (Å²) in [5.74, 6) is -0.525. The van der Waals surface area contributed by atoms with Crippen molar-refractivity contribution in [2.75, 3.05) is 48.1 Å². The van der Waals surface area contributed by atoms with Gasteiger partial charge in [0.1, 0.15) is 13.2 Å². The zero-order valence-electron chi connectivity index (χ0n) is 17.0. The van der Waals surface area contributed by atoms with Gasteiger partial charge in [-0.25, -0.2) is 13.2 Å². The number of carbonyl (C=O) groups excluding carboxylic acids is 2. The highest BCUT2D eigenvalue weighted by Crippen LogP contribution is 2.22. The van der Waals surface area contributed by atoms with Crippen LogP contribution in [-0.4, -0.2) is 53.5 Å². The monoisotopic (exact) mass is 435 g/mol. The number of methoxy groups -OCH3 is 1. The molecule has 2 amide bonds. The first-order valence-electron chi connectivity index (χ1n) is 9.06. The minimum absolute atomic E-state index is 0.110. The van der Waals surface area contributed by atoms with Gasteiger partial charge in [0, 0.05) is 18.5 Å². The van der Waals surface area contributed by atoms with Gasteiger partial charge in [-0.05, 0) is 36.8 Å². The molecule has 0 fully saturated rings. The molecule has 2 aromatic carbocycles. The lowest BCUT2D eigenvalue weighted by atomic mass is 10.2. The van der Waals surface area contributed by atoms with Gasteiger partial charge < -0.3 is 14.8 Å². The summed E-state index contributed by atoms with van der Waals surface area (Å²) < 4.78 is 35.2. The number of nitrogens with zero attached hydrogens (tertiary/aromatic N) is 1. The number of carbonyl (C=O) groups is 2. The second kappa shape index (κ2) is 10.6. The van der Waals surface area contributed by atoms with E-state index in [0.29, 0.717) is 17.1 Å². The summed E-state index contributed by atoms with van der Waals surface area (Å²) in [6.07, 6.45) is 0.394. The number of sulfonamides is 1. The predicted molar refractivity (Wildman–Crippen MR) is 115 cm³/mol. The normalized spacial score (nSPS) is 10.9. The van der Waals surface area contributed by atoms with Crippen LogP contribution >= 0.6 is 0 Å². The first-order chi connectivity index (χ1) is 14.2. The molecule has 0 spiro atoms. The Hall–Kier alpha value is -3.11. The maximum Gasteiger partial charge on any atom is 0.411 e. The molecular weight excluding hydrogens is 410 g/mol. The smallest absolute Gasteiger partial charge is 0.411 e. The average Bonchev–Trinajstić information content (AvgIpc) is 2.66. The van der Waals surface area contributed by atoms with Gasteiger partial charge in [-0.1, -0.05) is 24.3 Å². The maximum atomic E-state index is 12.5. The van der Waals surface area contributed by atoms with E-state index in [1.54, 1.807) is 49.4 Å². The molecule has 0 aliphatic carbocycles. The van der Waals surface area contributed by atoms with Crippen molar-refractivity contribution in [1.29, 1.82) is 0 Å². The molecular formula is C20H25N3O6S. The number of ether oxygens (including phenoxy) is 2. The van der Waals surface area contributed by atoms with Crippen LogP contribution in [0, 0.1) is 6.92 Å². The molecule has 0 saturated carbocycles. The highest BCUT2D eigenvalue weighted by atomic mass is 32.2. The highest BCUT2D eigenvalue weighted by molar-refractivity contribution is 7.92. The average molecular weight is 436 g/mol. The molecule has 0 bridgehead atoms. The van der Waals surface area contributed by atoms with E-state index in [0.717, 1.165) is 16.1 Å². The zero-order chi connectivity index (χ0) is 22.1. The molecule has 9 nitrogen and oxygen atoms in total. The standard InChI is InChI=1S/C20H25N3O6S/c1-15-7-4-5-10-18(15)23(30(3,26)27)14-19(24)21-16-8-6-9-17(13-16)22-20(25)29-12-11-28-2/h4-10,13H,11-12,14H2,1-3H3,(H,21,24)(H,22,25). The minimum Gasteiger partial charge on any atom is -0.447 e. The molecule has 2 N–H and O–H groups in total. The molecule has 2 rings (SSSR count). The fourth-order valence-corrected chi connectivity index (χ4v) is 3.52. The van der Waals surface area contributed by atoms with Crippen molar-refractivity contribution >= 4 is 39.1 Å². The summed E-state index contributed by atoms with van der Waals surface area (Å²) in [4.78, 5) is 24.2. The molecule has 30 heavy (non-hydrogen) atoms. The van der Waals surface area contributed by atoms with Gasteiger partial charge in [0.15, 0.2) is 0 Å². The number of rotatable bonds is 9. The first-order valence-corrected chi connectivity index (χ1v) is 10.9. The second-order valence-corrected chi connectivity index (χ2v) is 8.35. The van der Waals surface area contributed by atoms with Gasteiger partial charge in [0.05, 0.1) is 18.6 Å². The van der Waals surface area contributed by atoms with Crippen LogP contribution in [0.25, 0.3) is 0 Å². The van der Waals surface area contributed by atoms with Crippen LogP contribution in [0.1, 0.15) is 5.56 Å². The molecule has 0 aromatic heterocycles.